The van der Waals surface area contributed by atoms with E-state index in [9.17, 15) is 14.4 Å². The summed E-state index contributed by atoms with van der Waals surface area (Å²) < 4.78 is 5.43. The van der Waals surface area contributed by atoms with E-state index in [1.54, 1.807) is 0 Å². The summed E-state index contributed by atoms with van der Waals surface area (Å²) >= 11 is 1.16. The molecule has 1 heterocycles. The van der Waals surface area contributed by atoms with Crippen molar-refractivity contribution in [3.05, 3.63) is 87.9 Å². The molecule has 0 radical (unpaired) electrons. The van der Waals surface area contributed by atoms with Gasteiger partial charge in [0.05, 0.1) is 6.54 Å². The van der Waals surface area contributed by atoms with Crippen molar-refractivity contribution in [1.29, 1.82) is 0 Å². The van der Waals surface area contributed by atoms with E-state index in [0.29, 0.717) is 5.01 Å². The van der Waals surface area contributed by atoms with Crippen LogP contribution in [0.5, 0.6) is 0 Å². The molecule has 0 fully saturated rings. The number of hydrogen-bond donors (Lipinski definition) is 3. The highest BCUT2D eigenvalue weighted by molar-refractivity contribution is 7.09. The van der Waals surface area contributed by atoms with Crippen LogP contribution < -0.4 is 10.6 Å². The van der Waals surface area contributed by atoms with Gasteiger partial charge in [0.15, 0.2) is 5.69 Å². The van der Waals surface area contributed by atoms with Gasteiger partial charge in [-0.1, -0.05) is 54.6 Å². The monoisotopic (exact) mass is 463 g/mol. The second kappa shape index (κ2) is 10.1. The fourth-order valence-corrected chi connectivity index (χ4v) is 4.38. The molecule has 1 aliphatic carbocycles. The first-order chi connectivity index (χ1) is 16.0. The molecule has 0 atom stereocenters. The highest BCUT2D eigenvalue weighted by Crippen LogP contribution is 2.44. The zero-order valence-corrected chi connectivity index (χ0v) is 18.3. The molecule has 9 heteroatoms. The summed E-state index contributed by atoms with van der Waals surface area (Å²) in [6.07, 6.45) is 2.22. The molecule has 0 bridgehead atoms. The number of amides is 2. The number of carbonyl (C=O) groups excluding carboxylic acids is 2. The Hall–Kier alpha value is -3.98. The lowest BCUT2D eigenvalue weighted by Gasteiger charge is -2.14. The number of aromatic nitrogens is 1. The molecule has 0 saturated carbocycles. The Morgan fingerprint density at radius 3 is 2.33 bits per heavy atom. The summed E-state index contributed by atoms with van der Waals surface area (Å²) in [5.41, 5.74) is 4.55. The number of alkyl carbamates (subject to hydrolysis) is 1. The summed E-state index contributed by atoms with van der Waals surface area (Å²) in [4.78, 5) is 38.7. The summed E-state index contributed by atoms with van der Waals surface area (Å²) in [5, 5.41) is 16.0. The number of carboxylic acids is 1. The fraction of sp³-hybridized carbons (Fsp3) is 0.167. The van der Waals surface area contributed by atoms with Crippen LogP contribution in [0.15, 0.2) is 66.1 Å². The third-order valence-corrected chi connectivity index (χ3v) is 6.01. The predicted octanol–water partition coefficient (Wildman–Crippen LogP) is 3.55. The zero-order valence-electron chi connectivity index (χ0n) is 17.5. The Kier molecular flexibility index (Phi) is 6.80. The molecule has 0 unspecified atom stereocenters. The second-order valence-corrected chi connectivity index (χ2v) is 8.20. The lowest BCUT2D eigenvalue weighted by molar-refractivity contribution is -0.116. The minimum Gasteiger partial charge on any atom is -0.476 e. The third-order valence-electron chi connectivity index (χ3n) is 5.16. The maximum absolute atomic E-state index is 12.1. The van der Waals surface area contributed by atoms with Gasteiger partial charge in [0, 0.05) is 23.9 Å². The van der Waals surface area contributed by atoms with Crippen LogP contribution in [0.1, 0.15) is 32.5 Å². The maximum atomic E-state index is 12.1. The van der Waals surface area contributed by atoms with Crippen LogP contribution in [0.4, 0.5) is 4.79 Å². The van der Waals surface area contributed by atoms with E-state index in [1.165, 1.54) is 17.5 Å². The van der Waals surface area contributed by atoms with E-state index < -0.39 is 12.1 Å². The number of fused-ring (bicyclic) bond motifs is 3. The van der Waals surface area contributed by atoms with E-state index in [1.807, 2.05) is 24.3 Å². The molecule has 3 N–H and O–H groups in total. The molecule has 0 spiro atoms. The van der Waals surface area contributed by atoms with Gasteiger partial charge in [-0.2, -0.15) is 0 Å². The van der Waals surface area contributed by atoms with Crippen molar-refractivity contribution in [1.82, 2.24) is 15.6 Å². The first-order valence-electron chi connectivity index (χ1n) is 10.2. The summed E-state index contributed by atoms with van der Waals surface area (Å²) in [7, 11) is 0. The first-order valence-corrected chi connectivity index (χ1v) is 11.1. The van der Waals surface area contributed by atoms with E-state index in [0.717, 1.165) is 33.6 Å². The molecule has 33 heavy (non-hydrogen) atoms. The van der Waals surface area contributed by atoms with Crippen molar-refractivity contribution in [2.24, 2.45) is 0 Å². The van der Waals surface area contributed by atoms with Crippen LogP contribution >= 0.6 is 11.3 Å². The molecule has 4 rings (SSSR count). The van der Waals surface area contributed by atoms with Crippen LogP contribution in [0.3, 0.4) is 0 Å². The van der Waals surface area contributed by atoms with Gasteiger partial charge in [-0.15, -0.1) is 11.3 Å². The number of ether oxygens (including phenoxy) is 1. The molecule has 168 valence electrons. The van der Waals surface area contributed by atoms with Gasteiger partial charge in [0.1, 0.15) is 11.6 Å². The topological polar surface area (TPSA) is 118 Å². The molecule has 0 saturated heterocycles. The number of carboxylic acid groups (broad SMARTS) is 1. The summed E-state index contributed by atoms with van der Waals surface area (Å²) in [6.45, 7) is 0.474. The van der Waals surface area contributed by atoms with Gasteiger partial charge in [0.25, 0.3) is 0 Å². The Bertz CT molecular complexity index is 1170. The van der Waals surface area contributed by atoms with Gasteiger partial charge >= 0.3 is 12.1 Å². The third kappa shape index (κ3) is 5.27. The van der Waals surface area contributed by atoms with Crippen molar-refractivity contribution in [2.45, 2.75) is 12.5 Å². The molecule has 1 aliphatic rings. The van der Waals surface area contributed by atoms with E-state index in [4.69, 9.17) is 9.84 Å². The molecular weight excluding hydrogens is 442 g/mol. The van der Waals surface area contributed by atoms with Crippen LogP contribution in [0, 0.1) is 0 Å². The predicted molar refractivity (Wildman–Crippen MR) is 123 cm³/mol. The van der Waals surface area contributed by atoms with Crippen molar-refractivity contribution in [3.63, 3.8) is 0 Å². The van der Waals surface area contributed by atoms with Crippen LogP contribution in [0.25, 0.3) is 11.1 Å². The lowest BCUT2D eigenvalue weighted by Crippen LogP contribution is -2.26. The van der Waals surface area contributed by atoms with Gasteiger partial charge in [-0.05, 0) is 22.3 Å². The Morgan fingerprint density at radius 1 is 1.03 bits per heavy atom. The van der Waals surface area contributed by atoms with Crippen molar-refractivity contribution in [2.75, 3.05) is 13.2 Å². The van der Waals surface area contributed by atoms with Crippen molar-refractivity contribution >= 4 is 29.3 Å². The number of hydrogen-bond acceptors (Lipinski definition) is 6. The summed E-state index contributed by atoms with van der Waals surface area (Å²) in [6, 6.07) is 16.2. The molecule has 2 amide bonds. The van der Waals surface area contributed by atoms with Crippen molar-refractivity contribution in [3.8, 4) is 11.1 Å². The molecule has 2 aromatic carbocycles. The number of nitrogens with one attached hydrogen (secondary N) is 2. The van der Waals surface area contributed by atoms with Gasteiger partial charge < -0.3 is 20.5 Å². The van der Waals surface area contributed by atoms with Gasteiger partial charge in [-0.25, -0.2) is 14.6 Å². The molecular formula is C24H21N3O5S. The smallest absolute Gasteiger partial charge is 0.407 e. The van der Waals surface area contributed by atoms with Crippen LogP contribution in [-0.2, 0) is 16.1 Å². The average Bonchev–Trinajstić information content (AvgIpc) is 3.42. The molecule has 3 aromatic rings. The number of carbonyl (C=O) groups is 3. The van der Waals surface area contributed by atoms with Crippen molar-refractivity contribution < 1.29 is 24.2 Å². The number of benzene rings is 2. The van der Waals surface area contributed by atoms with Gasteiger partial charge in [-0.3, -0.25) is 4.79 Å². The number of aromatic carboxylic acids is 1. The Balaban J connectivity index is 1.21. The first kappa shape index (κ1) is 22.2. The van der Waals surface area contributed by atoms with E-state index in [2.05, 4.69) is 39.9 Å². The van der Waals surface area contributed by atoms with E-state index >= 15 is 0 Å². The van der Waals surface area contributed by atoms with Gasteiger partial charge in [0.2, 0.25) is 5.91 Å². The highest BCUT2D eigenvalue weighted by atomic mass is 32.1. The zero-order chi connectivity index (χ0) is 23.2. The molecule has 1 aromatic heterocycles. The number of rotatable bonds is 8. The normalized spacial score (nSPS) is 12.2. The largest absolute Gasteiger partial charge is 0.476 e. The fourth-order valence-electron chi connectivity index (χ4n) is 3.67. The van der Waals surface area contributed by atoms with Crippen LogP contribution in [-0.4, -0.2) is 41.2 Å². The maximum Gasteiger partial charge on any atom is 0.407 e. The molecule has 8 nitrogen and oxygen atoms in total. The Labute approximate surface area is 193 Å². The minimum atomic E-state index is -1.11. The second-order valence-electron chi connectivity index (χ2n) is 7.26. The quantitative estimate of drug-likeness (QED) is 0.440. The Morgan fingerprint density at radius 2 is 1.70 bits per heavy atom. The highest BCUT2D eigenvalue weighted by Gasteiger charge is 2.28. The average molecular weight is 464 g/mol. The minimum absolute atomic E-state index is 0.0167. The number of nitrogens with zero attached hydrogens (tertiary/aromatic N) is 1. The SMILES string of the molecule is O=C(/C=C/CNC(=O)OCC1c2ccccc2-c2ccccc21)NCc1nc(C(=O)O)cs1. The number of thiazole rings is 1. The lowest BCUT2D eigenvalue weighted by atomic mass is 9.98. The standard InChI is InChI=1S/C24H21N3O5S/c28-21(26-12-22-27-20(14-33-22)23(29)30)10-5-11-25-24(31)32-13-19-17-8-3-1-6-15(17)16-7-2-4-9-18(16)19/h1-10,14,19H,11-13H2,(H,25,31)(H,26,28)(H,29,30)/b10-5+. The van der Waals surface area contributed by atoms with Crippen LogP contribution in [0.2, 0.25) is 0 Å². The molecule has 0 aliphatic heterocycles. The van der Waals surface area contributed by atoms with E-state index in [-0.39, 0.29) is 37.2 Å². The summed E-state index contributed by atoms with van der Waals surface area (Å²) in [5.74, 6) is -1.50.